The minimum absolute atomic E-state index is 0.384. The molecule has 0 unspecified atom stereocenters. The molecule has 3 heterocycles. The standard InChI is InChI=1S/C11H10N2O2S/c1-13-3-2-6-8(13)5-12-7-4-9(11(14)15)16-10(6)7/h2-4,12H,5H2,1H3,(H,14,15). The molecule has 0 aromatic carbocycles. The highest BCUT2D eigenvalue weighted by Crippen LogP contribution is 2.42. The third kappa shape index (κ3) is 1.18. The first kappa shape index (κ1) is 9.47. The van der Waals surface area contributed by atoms with Gasteiger partial charge >= 0.3 is 5.97 Å². The Balaban J connectivity index is 2.20. The van der Waals surface area contributed by atoms with Crippen LogP contribution in [0.5, 0.6) is 0 Å². The maximum atomic E-state index is 10.9. The van der Waals surface area contributed by atoms with Crippen molar-refractivity contribution >= 4 is 23.0 Å². The van der Waals surface area contributed by atoms with Crippen LogP contribution in [0.3, 0.4) is 0 Å². The molecule has 82 valence electrons. The average Bonchev–Trinajstić information content (AvgIpc) is 2.81. The lowest BCUT2D eigenvalue weighted by Crippen LogP contribution is -2.09. The van der Waals surface area contributed by atoms with Crippen molar-refractivity contribution in [1.29, 1.82) is 0 Å². The van der Waals surface area contributed by atoms with Crippen LogP contribution in [0.4, 0.5) is 5.69 Å². The van der Waals surface area contributed by atoms with Gasteiger partial charge in [-0.15, -0.1) is 11.3 Å². The van der Waals surface area contributed by atoms with E-state index >= 15 is 0 Å². The van der Waals surface area contributed by atoms with Gasteiger partial charge in [0.05, 0.1) is 17.1 Å². The molecule has 0 atom stereocenters. The second kappa shape index (κ2) is 3.12. The molecule has 0 bridgehead atoms. The van der Waals surface area contributed by atoms with Crippen LogP contribution in [0.2, 0.25) is 0 Å². The van der Waals surface area contributed by atoms with Gasteiger partial charge in [-0.05, 0) is 12.1 Å². The number of thiophene rings is 1. The molecule has 1 aliphatic rings. The lowest BCUT2D eigenvalue weighted by Gasteiger charge is -2.16. The SMILES string of the molecule is Cn1ccc2c1CNc1cc(C(=O)O)sc1-2. The zero-order valence-corrected chi connectivity index (χ0v) is 9.47. The van der Waals surface area contributed by atoms with Crippen molar-refractivity contribution in [1.82, 2.24) is 4.57 Å². The molecule has 16 heavy (non-hydrogen) atoms. The lowest BCUT2D eigenvalue weighted by atomic mass is 10.1. The molecule has 0 amide bonds. The summed E-state index contributed by atoms with van der Waals surface area (Å²) in [7, 11) is 2.00. The number of carboxylic acids is 1. The molecule has 1 aliphatic heterocycles. The smallest absolute Gasteiger partial charge is 0.345 e. The van der Waals surface area contributed by atoms with E-state index < -0.39 is 5.97 Å². The van der Waals surface area contributed by atoms with Gasteiger partial charge in [0.1, 0.15) is 4.88 Å². The first-order valence-electron chi connectivity index (χ1n) is 4.92. The molecule has 0 saturated heterocycles. The van der Waals surface area contributed by atoms with Crippen LogP contribution in [-0.4, -0.2) is 15.6 Å². The molecule has 5 heteroatoms. The maximum absolute atomic E-state index is 10.9. The molecule has 0 fully saturated rings. The third-order valence-corrected chi connectivity index (χ3v) is 3.99. The number of aromatic carboxylic acids is 1. The van der Waals surface area contributed by atoms with Gasteiger partial charge in [-0.3, -0.25) is 0 Å². The maximum Gasteiger partial charge on any atom is 0.345 e. The number of fused-ring (bicyclic) bond motifs is 3. The average molecular weight is 234 g/mol. The Labute approximate surface area is 96.1 Å². The van der Waals surface area contributed by atoms with Crippen molar-refractivity contribution in [3.63, 3.8) is 0 Å². The summed E-state index contributed by atoms with van der Waals surface area (Å²) >= 11 is 1.32. The quantitative estimate of drug-likeness (QED) is 0.796. The Morgan fingerprint density at radius 2 is 2.44 bits per heavy atom. The molecule has 0 spiro atoms. The molecule has 0 radical (unpaired) electrons. The Kier molecular flexibility index (Phi) is 1.85. The van der Waals surface area contributed by atoms with E-state index in [1.54, 1.807) is 6.07 Å². The number of hydrogen-bond donors (Lipinski definition) is 2. The fourth-order valence-electron chi connectivity index (χ4n) is 2.00. The van der Waals surface area contributed by atoms with Gasteiger partial charge in [0, 0.05) is 24.5 Å². The fourth-order valence-corrected chi connectivity index (χ4v) is 3.02. The summed E-state index contributed by atoms with van der Waals surface area (Å²) in [5.74, 6) is -0.862. The summed E-state index contributed by atoms with van der Waals surface area (Å²) in [6, 6.07) is 3.75. The van der Waals surface area contributed by atoms with E-state index in [4.69, 9.17) is 5.11 Å². The topological polar surface area (TPSA) is 54.3 Å². The summed E-state index contributed by atoms with van der Waals surface area (Å²) in [5, 5.41) is 12.2. The second-order valence-corrected chi connectivity index (χ2v) is 4.85. The van der Waals surface area contributed by atoms with Crippen LogP contribution in [-0.2, 0) is 13.6 Å². The Hall–Kier alpha value is -1.75. The first-order chi connectivity index (χ1) is 7.66. The Morgan fingerprint density at radius 1 is 1.62 bits per heavy atom. The number of aromatic nitrogens is 1. The highest BCUT2D eigenvalue weighted by atomic mass is 32.1. The van der Waals surface area contributed by atoms with Crippen molar-refractivity contribution in [3.05, 3.63) is 28.9 Å². The summed E-state index contributed by atoms with van der Waals surface area (Å²) in [5.41, 5.74) is 3.28. The highest BCUT2D eigenvalue weighted by Gasteiger charge is 2.22. The van der Waals surface area contributed by atoms with Gasteiger partial charge < -0.3 is 15.0 Å². The largest absolute Gasteiger partial charge is 0.477 e. The van der Waals surface area contributed by atoms with E-state index in [0.29, 0.717) is 4.88 Å². The van der Waals surface area contributed by atoms with Gasteiger partial charge in [0.15, 0.2) is 0 Å². The molecule has 2 aromatic heterocycles. The number of carbonyl (C=O) groups is 1. The van der Waals surface area contributed by atoms with Crippen LogP contribution in [0.15, 0.2) is 18.3 Å². The van der Waals surface area contributed by atoms with Gasteiger partial charge in [-0.2, -0.15) is 0 Å². The van der Waals surface area contributed by atoms with Gasteiger partial charge in [0.2, 0.25) is 0 Å². The first-order valence-corrected chi connectivity index (χ1v) is 5.74. The van der Waals surface area contributed by atoms with Crippen LogP contribution < -0.4 is 5.32 Å². The predicted molar refractivity (Wildman–Crippen MR) is 63.0 cm³/mol. The number of aryl methyl sites for hydroxylation is 1. The van der Waals surface area contributed by atoms with Crippen LogP contribution in [0, 0.1) is 0 Å². The predicted octanol–water partition coefficient (Wildman–Crippen LogP) is 2.38. The van der Waals surface area contributed by atoms with Gasteiger partial charge in [-0.25, -0.2) is 4.79 Å². The van der Waals surface area contributed by atoms with E-state index in [1.807, 2.05) is 19.3 Å². The van der Waals surface area contributed by atoms with Crippen molar-refractivity contribution in [2.24, 2.45) is 7.05 Å². The number of anilines is 1. The number of nitrogens with one attached hydrogen (secondary N) is 1. The lowest BCUT2D eigenvalue weighted by molar-refractivity contribution is 0.0702. The van der Waals surface area contributed by atoms with E-state index in [2.05, 4.69) is 9.88 Å². The normalized spacial score (nSPS) is 12.8. The number of carboxylic acid groups (broad SMARTS) is 1. The number of hydrogen-bond acceptors (Lipinski definition) is 3. The van der Waals surface area contributed by atoms with E-state index in [9.17, 15) is 4.79 Å². The third-order valence-electron chi connectivity index (χ3n) is 2.84. The van der Waals surface area contributed by atoms with Gasteiger partial charge in [0.25, 0.3) is 0 Å². The van der Waals surface area contributed by atoms with Crippen molar-refractivity contribution in [2.75, 3.05) is 5.32 Å². The van der Waals surface area contributed by atoms with Gasteiger partial charge in [-0.1, -0.05) is 0 Å². The van der Waals surface area contributed by atoms with Crippen molar-refractivity contribution in [3.8, 4) is 10.4 Å². The molecular weight excluding hydrogens is 224 g/mol. The molecule has 0 aliphatic carbocycles. The Morgan fingerprint density at radius 3 is 3.19 bits per heavy atom. The second-order valence-electron chi connectivity index (χ2n) is 3.80. The summed E-state index contributed by atoms with van der Waals surface area (Å²) < 4.78 is 2.06. The van der Waals surface area contributed by atoms with E-state index in [1.165, 1.54) is 17.0 Å². The fraction of sp³-hybridized carbons (Fsp3) is 0.182. The number of nitrogens with zero attached hydrogens (tertiary/aromatic N) is 1. The minimum Gasteiger partial charge on any atom is -0.477 e. The molecule has 4 nitrogen and oxygen atoms in total. The summed E-state index contributed by atoms with van der Waals surface area (Å²) in [6.07, 6.45) is 2.00. The van der Waals surface area contributed by atoms with Crippen LogP contribution in [0.25, 0.3) is 10.4 Å². The molecule has 3 rings (SSSR count). The van der Waals surface area contributed by atoms with E-state index in [0.717, 1.165) is 22.7 Å². The molecule has 0 saturated carbocycles. The Bertz CT molecular complexity index is 583. The molecule has 2 N–H and O–H groups in total. The summed E-state index contributed by atoms with van der Waals surface area (Å²) in [4.78, 5) is 12.3. The highest BCUT2D eigenvalue weighted by molar-refractivity contribution is 7.18. The van der Waals surface area contributed by atoms with Crippen LogP contribution >= 0.6 is 11.3 Å². The summed E-state index contributed by atoms with van der Waals surface area (Å²) in [6.45, 7) is 0.752. The monoisotopic (exact) mass is 234 g/mol. The molecular formula is C11H10N2O2S. The van der Waals surface area contributed by atoms with E-state index in [-0.39, 0.29) is 0 Å². The minimum atomic E-state index is -0.862. The van der Waals surface area contributed by atoms with Crippen molar-refractivity contribution < 1.29 is 9.90 Å². The van der Waals surface area contributed by atoms with Crippen molar-refractivity contribution in [2.45, 2.75) is 6.54 Å². The zero-order valence-electron chi connectivity index (χ0n) is 8.65. The number of rotatable bonds is 1. The van der Waals surface area contributed by atoms with Crippen LogP contribution in [0.1, 0.15) is 15.4 Å². The zero-order chi connectivity index (χ0) is 11.3. The molecule has 2 aromatic rings.